The SMILES string of the molecule is CCOC(=O)c1ccc(NC2c3ncccc3C(=O)N2c2ccc(OC)cc2)cc1. The quantitative estimate of drug-likeness (QED) is 0.626. The first-order chi connectivity index (χ1) is 14.6. The van der Waals surface area contributed by atoms with Gasteiger partial charge in [0.25, 0.3) is 5.91 Å². The number of amides is 1. The van der Waals surface area contributed by atoms with E-state index < -0.39 is 6.17 Å². The molecule has 1 aromatic heterocycles. The highest BCUT2D eigenvalue weighted by Gasteiger charge is 2.39. The van der Waals surface area contributed by atoms with Gasteiger partial charge in [0.1, 0.15) is 5.75 Å². The molecule has 0 saturated carbocycles. The normalized spacial score (nSPS) is 14.9. The number of carbonyl (C=O) groups excluding carboxylic acids is 2. The Balaban J connectivity index is 1.66. The monoisotopic (exact) mass is 403 g/mol. The second kappa shape index (κ2) is 8.24. The van der Waals surface area contributed by atoms with E-state index in [2.05, 4.69) is 10.3 Å². The number of ether oxygens (including phenoxy) is 2. The summed E-state index contributed by atoms with van der Waals surface area (Å²) in [5.74, 6) is 0.205. The number of anilines is 2. The molecule has 152 valence electrons. The Morgan fingerprint density at radius 3 is 2.50 bits per heavy atom. The molecule has 1 N–H and O–H groups in total. The van der Waals surface area contributed by atoms with Gasteiger partial charge in [-0.2, -0.15) is 0 Å². The molecule has 0 bridgehead atoms. The van der Waals surface area contributed by atoms with Gasteiger partial charge in [-0.05, 0) is 67.6 Å². The van der Waals surface area contributed by atoms with E-state index in [-0.39, 0.29) is 11.9 Å². The Bertz CT molecular complexity index is 1060. The molecule has 4 rings (SSSR count). The number of esters is 1. The van der Waals surface area contributed by atoms with Crippen molar-refractivity contribution < 1.29 is 19.1 Å². The number of nitrogens with one attached hydrogen (secondary N) is 1. The fourth-order valence-corrected chi connectivity index (χ4v) is 3.40. The summed E-state index contributed by atoms with van der Waals surface area (Å²) < 4.78 is 10.2. The number of pyridine rings is 1. The molecule has 0 saturated heterocycles. The highest BCUT2D eigenvalue weighted by Crippen LogP contribution is 2.37. The molecule has 1 unspecified atom stereocenters. The van der Waals surface area contributed by atoms with E-state index >= 15 is 0 Å². The van der Waals surface area contributed by atoms with Crippen molar-refractivity contribution in [1.82, 2.24) is 4.98 Å². The lowest BCUT2D eigenvalue weighted by molar-refractivity contribution is 0.0526. The van der Waals surface area contributed by atoms with Gasteiger partial charge in [0.15, 0.2) is 6.17 Å². The second-order valence-electron chi connectivity index (χ2n) is 6.65. The van der Waals surface area contributed by atoms with Gasteiger partial charge in [0.2, 0.25) is 0 Å². The molecule has 2 aromatic carbocycles. The van der Waals surface area contributed by atoms with Crippen LogP contribution in [0.1, 0.15) is 39.5 Å². The van der Waals surface area contributed by atoms with Gasteiger partial charge in [-0.3, -0.25) is 14.7 Å². The minimum absolute atomic E-state index is 0.135. The smallest absolute Gasteiger partial charge is 0.338 e. The molecule has 1 aliphatic heterocycles. The fraction of sp³-hybridized carbons (Fsp3) is 0.174. The fourth-order valence-electron chi connectivity index (χ4n) is 3.40. The van der Waals surface area contributed by atoms with E-state index in [0.717, 1.165) is 11.4 Å². The van der Waals surface area contributed by atoms with Crippen LogP contribution < -0.4 is 15.0 Å². The van der Waals surface area contributed by atoms with Crippen molar-refractivity contribution in [3.8, 4) is 5.75 Å². The predicted molar refractivity (Wildman–Crippen MR) is 113 cm³/mol. The van der Waals surface area contributed by atoms with Crippen LogP contribution in [-0.4, -0.2) is 30.6 Å². The van der Waals surface area contributed by atoms with Crippen molar-refractivity contribution in [3.63, 3.8) is 0 Å². The first kappa shape index (κ1) is 19.4. The van der Waals surface area contributed by atoms with E-state index in [1.807, 2.05) is 24.3 Å². The summed E-state index contributed by atoms with van der Waals surface area (Å²) in [5.41, 5.74) is 3.13. The van der Waals surface area contributed by atoms with Crippen LogP contribution in [0.4, 0.5) is 11.4 Å². The molecule has 0 aliphatic carbocycles. The molecule has 30 heavy (non-hydrogen) atoms. The first-order valence-electron chi connectivity index (χ1n) is 9.58. The van der Waals surface area contributed by atoms with Gasteiger partial charge in [0, 0.05) is 17.6 Å². The number of hydrogen-bond acceptors (Lipinski definition) is 6. The van der Waals surface area contributed by atoms with Crippen LogP contribution in [0.5, 0.6) is 5.75 Å². The number of carbonyl (C=O) groups is 2. The molecule has 1 aliphatic rings. The lowest BCUT2D eigenvalue weighted by atomic mass is 10.2. The third-order valence-corrected chi connectivity index (χ3v) is 4.85. The Labute approximate surface area is 174 Å². The van der Waals surface area contributed by atoms with Crippen LogP contribution in [0.2, 0.25) is 0 Å². The topological polar surface area (TPSA) is 80.8 Å². The van der Waals surface area contributed by atoms with Crippen LogP contribution in [0.15, 0.2) is 66.9 Å². The number of benzene rings is 2. The lowest BCUT2D eigenvalue weighted by Crippen LogP contribution is -2.32. The summed E-state index contributed by atoms with van der Waals surface area (Å²) in [4.78, 5) is 31.1. The summed E-state index contributed by atoms with van der Waals surface area (Å²) in [6.07, 6.45) is 1.18. The molecule has 1 amide bonds. The van der Waals surface area contributed by atoms with Crippen molar-refractivity contribution in [2.45, 2.75) is 13.1 Å². The summed E-state index contributed by atoms with van der Waals surface area (Å²) in [6.45, 7) is 2.09. The molecule has 1 atom stereocenters. The number of aromatic nitrogens is 1. The summed E-state index contributed by atoms with van der Waals surface area (Å²) in [7, 11) is 1.60. The van der Waals surface area contributed by atoms with Crippen LogP contribution in [0.25, 0.3) is 0 Å². The van der Waals surface area contributed by atoms with Crippen LogP contribution in [-0.2, 0) is 4.74 Å². The van der Waals surface area contributed by atoms with Crippen LogP contribution in [0.3, 0.4) is 0 Å². The zero-order valence-corrected chi connectivity index (χ0v) is 16.7. The number of hydrogen-bond donors (Lipinski definition) is 1. The molecule has 0 radical (unpaired) electrons. The van der Waals surface area contributed by atoms with Gasteiger partial charge in [-0.25, -0.2) is 4.79 Å². The van der Waals surface area contributed by atoms with Crippen molar-refractivity contribution in [1.29, 1.82) is 0 Å². The minimum Gasteiger partial charge on any atom is -0.497 e. The van der Waals surface area contributed by atoms with Crippen LogP contribution >= 0.6 is 0 Å². The molecule has 7 heteroatoms. The maximum absolute atomic E-state index is 13.1. The van der Waals surface area contributed by atoms with Crippen LogP contribution in [0, 0.1) is 0 Å². The summed E-state index contributed by atoms with van der Waals surface area (Å²) in [6, 6.07) is 17.7. The van der Waals surface area contributed by atoms with Gasteiger partial charge in [-0.15, -0.1) is 0 Å². The Morgan fingerprint density at radius 1 is 1.10 bits per heavy atom. The number of rotatable bonds is 6. The minimum atomic E-state index is -0.490. The standard InChI is InChI=1S/C23H21N3O4/c1-3-30-23(28)15-6-8-16(9-7-15)25-21-20-19(5-4-14-24-20)22(27)26(21)17-10-12-18(29-2)13-11-17/h4-14,21,25H,3H2,1-2H3. The second-order valence-corrected chi connectivity index (χ2v) is 6.65. The van der Waals surface area contributed by atoms with Gasteiger partial charge < -0.3 is 14.8 Å². The molecule has 3 aromatic rings. The number of methoxy groups -OCH3 is 1. The summed E-state index contributed by atoms with van der Waals surface area (Å²) >= 11 is 0. The van der Waals surface area contributed by atoms with E-state index in [1.165, 1.54) is 0 Å². The zero-order chi connectivity index (χ0) is 21.1. The highest BCUT2D eigenvalue weighted by atomic mass is 16.5. The van der Waals surface area contributed by atoms with Crippen molar-refractivity contribution in [2.75, 3.05) is 23.9 Å². The lowest BCUT2D eigenvalue weighted by Gasteiger charge is -2.26. The van der Waals surface area contributed by atoms with E-state index in [1.54, 1.807) is 61.5 Å². The Kier molecular flexibility index (Phi) is 5.34. The van der Waals surface area contributed by atoms with E-state index in [9.17, 15) is 9.59 Å². The largest absolute Gasteiger partial charge is 0.497 e. The molecule has 0 spiro atoms. The third-order valence-electron chi connectivity index (χ3n) is 4.85. The average molecular weight is 403 g/mol. The zero-order valence-electron chi connectivity index (χ0n) is 16.7. The third kappa shape index (κ3) is 3.57. The maximum Gasteiger partial charge on any atom is 0.338 e. The molecule has 7 nitrogen and oxygen atoms in total. The van der Waals surface area contributed by atoms with Gasteiger partial charge >= 0.3 is 5.97 Å². The molecular weight excluding hydrogens is 382 g/mol. The van der Waals surface area contributed by atoms with Crippen molar-refractivity contribution in [2.24, 2.45) is 0 Å². The van der Waals surface area contributed by atoms with E-state index in [4.69, 9.17) is 9.47 Å². The molecule has 2 heterocycles. The van der Waals surface area contributed by atoms with E-state index in [0.29, 0.717) is 29.2 Å². The molecule has 0 fully saturated rings. The maximum atomic E-state index is 13.1. The van der Waals surface area contributed by atoms with Gasteiger partial charge in [0.05, 0.1) is 30.5 Å². The average Bonchev–Trinajstić information content (AvgIpc) is 3.06. The van der Waals surface area contributed by atoms with Crippen molar-refractivity contribution in [3.05, 3.63) is 83.7 Å². The Hall–Kier alpha value is -3.87. The number of fused-ring (bicyclic) bond motifs is 1. The summed E-state index contributed by atoms with van der Waals surface area (Å²) in [5, 5.41) is 3.36. The van der Waals surface area contributed by atoms with Crippen molar-refractivity contribution >= 4 is 23.3 Å². The molecular formula is C23H21N3O4. The van der Waals surface area contributed by atoms with Gasteiger partial charge in [-0.1, -0.05) is 0 Å². The predicted octanol–water partition coefficient (Wildman–Crippen LogP) is 4.04. The number of nitrogens with zero attached hydrogens (tertiary/aromatic N) is 2. The first-order valence-corrected chi connectivity index (χ1v) is 9.58. The Morgan fingerprint density at radius 2 is 1.83 bits per heavy atom. The highest BCUT2D eigenvalue weighted by molar-refractivity contribution is 6.11.